The third kappa shape index (κ3) is 4.70. The molecule has 0 saturated heterocycles. The lowest BCUT2D eigenvalue weighted by Crippen LogP contribution is -2.38. The molecule has 0 aliphatic carbocycles. The third-order valence-corrected chi connectivity index (χ3v) is 4.45. The Bertz CT molecular complexity index is 656. The van der Waals surface area contributed by atoms with Crippen molar-refractivity contribution < 1.29 is 4.79 Å². The zero-order chi connectivity index (χ0) is 17.0. The second-order valence-corrected chi connectivity index (χ2v) is 7.62. The average molecular weight is 334 g/mol. The van der Waals surface area contributed by atoms with E-state index in [4.69, 9.17) is 0 Å². The van der Waals surface area contributed by atoms with Crippen molar-refractivity contribution in [1.82, 2.24) is 19.4 Å². The number of aryl methyl sites for hydroxylation is 1. The molecule has 0 N–H and O–H groups in total. The molecule has 2 aromatic heterocycles. The van der Waals surface area contributed by atoms with Crippen LogP contribution in [0.5, 0.6) is 0 Å². The van der Waals surface area contributed by atoms with Gasteiger partial charge >= 0.3 is 0 Å². The van der Waals surface area contributed by atoms with Crippen molar-refractivity contribution in [1.29, 1.82) is 0 Å². The number of imidazole rings is 1. The molecule has 23 heavy (non-hydrogen) atoms. The molecule has 6 heteroatoms. The number of carbonyl (C=O) groups excluding carboxylic acids is 1. The van der Waals surface area contributed by atoms with Gasteiger partial charge in [0.15, 0.2) is 10.8 Å². The van der Waals surface area contributed by atoms with E-state index in [-0.39, 0.29) is 5.91 Å². The first kappa shape index (κ1) is 17.8. The topological polar surface area (TPSA) is 51.0 Å². The number of rotatable bonds is 7. The van der Waals surface area contributed by atoms with E-state index in [0.717, 1.165) is 29.4 Å². The molecule has 1 amide bonds. The van der Waals surface area contributed by atoms with Gasteiger partial charge in [0.25, 0.3) is 0 Å². The number of nitrogens with zero attached hydrogens (tertiary/aromatic N) is 4. The summed E-state index contributed by atoms with van der Waals surface area (Å²) in [7, 11) is 1.94. The molecule has 0 radical (unpaired) electrons. The number of amides is 1. The van der Waals surface area contributed by atoms with Crippen molar-refractivity contribution in [2.75, 3.05) is 18.8 Å². The predicted molar refractivity (Wildman–Crippen MR) is 95.5 cm³/mol. The summed E-state index contributed by atoms with van der Waals surface area (Å²) in [6.45, 7) is 10.2. The SMILES string of the molecule is CC(C)CN(CC(C)C)C(=O)CSc1nc2cccnc2n1C. The molecule has 0 fully saturated rings. The van der Waals surface area contributed by atoms with Crippen molar-refractivity contribution in [3.8, 4) is 0 Å². The Balaban J connectivity index is 2.04. The van der Waals surface area contributed by atoms with Crippen molar-refractivity contribution in [3.05, 3.63) is 18.3 Å². The smallest absolute Gasteiger partial charge is 0.233 e. The van der Waals surface area contributed by atoms with Crippen LogP contribution in [0.4, 0.5) is 0 Å². The van der Waals surface area contributed by atoms with Gasteiger partial charge in [0.2, 0.25) is 5.91 Å². The molecule has 126 valence electrons. The van der Waals surface area contributed by atoms with Gasteiger partial charge in [-0.2, -0.15) is 0 Å². The lowest BCUT2D eigenvalue weighted by atomic mass is 10.1. The number of pyridine rings is 1. The fourth-order valence-electron chi connectivity index (χ4n) is 2.51. The predicted octanol–water partition coefficient (Wildman–Crippen LogP) is 3.20. The van der Waals surface area contributed by atoms with Gasteiger partial charge in [-0.25, -0.2) is 9.97 Å². The first-order valence-electron chi connectivity index (χ1n) is 8.06. The lowest BCUT2D eigenvalue weighted by Gasteiger charge is -2.26. The third-order valence-electron chi connectivity index (χ3n) is 3.44. The standard InChI is InChI=1S/C17H26N4OS/c1-12(2)9-21(10-13(3)4)15(22)11-23-17-19-14-7-6-8-18-16(14)20(17)5/h6-8,12-13H,9-11H2,1-5H3. The van der Waals surface area contributed by atoms with E-state index >= 15 is 0 Å². The normalized spacial score (nSPS) is 11.6. The maximum atomic E-state index is 12.6. The minimum atomic E-state index is 0.178. The number of hydrogen-bond acceptors (Lipinski definition) is 4. The maximum absolute atomic E-state index is 12.6. The molecule has 0 saturated carbocycles. The van der Waals surface area contributed by atoms with E-state index in [1.807, 2.05) is 28.6 Å². The highest BCUT2D eigenvalue weighted by molar-refractivity contribution is 7.99. The van der Waals surface area contributed by atoms with Crippen LogP contribution >= 0.6 is 11.8 Å². The second-order valence-electron chi connectivity index (χ2n) is 6.67. The molecule has 2 aromatic rings. The minimum absolute atomic E-state index is 0.178. The van der Waals surface area contributed by atoms with E-state index in [1.54, 1.807) is 6.20 Å². The Kier molecular flexibility index (Phi) is 6.04. The van der Waals surface area contributed by atoms with Crippen molar-refractivity contribution >= 4 is 28.8 Å². The number of thioether (sulfide) groups is 1. The molecule has 2 rings (SSSR count). The highest BCUT2D eigenvalue weighted by Gasteiger charge is 2.18. The van der Waals surface area contributed by atoms with E-state index < -0.39 is 0 Å². The van der Waals surface area contributed by atoms with Crippen LogP contribution in [0.3, 0.4) is 0 Å². The van der Waals surface area contributed by atoms with Gasteiger partial charge in [0.1, 0.15) is 5.52 Å². The molecule has 0 unspecified atom stereocenters. The fourth-order valence-corrected chi connectivity index (χ4v) is 3.39. The van der Waals surface area contributed by atoms with Crippen molar-refractivity contribution in [2.45, 2.75) is 32.9 Å². The number of hydrogen-bond donors (Lipinski definition) is 0. The largest absolute Gasteiger partial charge is 0.341 e. The summed E-state index contributed by atoms with van der Waals surface area (Å²) in [6, 6.07) is 3.82. The molecule has 0 aliphatic heterocycles. The number of fused-ring (bicyclic) bond motifs is 1. The zero-order valence-corrected chi connectivity index (χ0v) is 15.4. The highest BCUT2D eigenvalue weighted by Crippen LogP contribution is 2.21. The molecule has 0 bridgehead atoms. The van der Waals surface area contributed by atoms with Crippen LogP contribution in [0.15, 0.2) is 23.5 Å². The first-order valence-corrected chi connectivity index (χ1v) is 9.05. The van der Waals surface area contributed by atoms with Crippen LogP contribution < -0.4 is 0 Å². The number of aromatic nitrogens is 3. The Morgan fingerprint density at radius 2 is 1.91 bits per heavy atom. The van der Waals surface area contributed by atoms with Crippen molar-refractivity contribution in [2.24, 2.45) is 18.9 Å². The Labute approximate surface area is 142 Å². The van der Waals surface area contributed by atoms with Crippen molar-refractivity contribution in [3.63, 3.8) is 0 Å². The summed E-state index contributed by atoms with van der Waals surface area (Å²) in [4.78, 5) is 23.4. The van der Waals surface area contributed by atoms with Gasteiger partial charge in [0, 0.05) is 26.3 Å². The van der Waals surface area contributed by atoms with Gasteiger partial charge in [-0.3, -0.25) is 4.79 Å². The molecule has 0 atom stereocenters. The van der Waals surface area contributed by atoms with Gasteiger partial charge in [-0.05, 0) is 24.0 Å². The molecule has 0 spiro atoms. The molecular formula is C17H26N4OS. The summed E-state index contributed by atoms with van der Waals surface area (Å²) < 4.78 is 1.95. The maximum Gasteiger partial charge on any atom is 0.233 e. The molecule has 2 heterocycles. The van der Waals surface area contributed by atoms with Gasteiger partial charge in [-0.15, -0.1) is 0 Å². The molecule has 0 aromatic carbocycles. The summed E-state index contributed by atoms with van der Waals surface area (Å²) >= 11 is 1.48. The summed E-state index contributed by atoms with van der Waals surface area (Å²) in [5.41, 5.74) is 1.72. The lowest BCUT2D eigenvalue weighted by molar-refractivity contribution is -0.129. The van der Waals surface area contributed by atoms with E-state index in [9.17, 15) is 4.79 Å². The summed E-state index contributed by atoms with van der Waals surface area (Å²) in [5.74, 6) is 1.54. The minimum Gasteiger partial charge on any atom is -0.341 e. The van der Waals surface area contributed by atoms with Crippen LogP contribution in [-0.2, 0) is 11.8 Å². The Hall–Kier alpha value is -1.56. The second kappa shape index (κ2) is 7.81. The van der Waals surface area contributed by atoms with Gasteiger partial charge < -0.3 is 9.47 Å². The van der Waals surface area contributed by atoms with E-state index in [1.165, 1.54) is 11.8 Å². The van der Waals surface area contributed by atoms with Crippen LogP contribution in [0, 0.1) is 11.8 Å². The van der Waals surface area contributed by atoms with Gasteiger partial charge in [0.05, 0.1) is 5.75 Å². The average Bonchev–Trinajstić information content (AvgIpc) is 2.80. The first-order chi connectivity index (χ1) is 10.9. The monoisotopic (exact) mass is 334 g/mol. The van der Waals surface area contributed by atoms with Crippen LogP contribution in [-0.4, -0.2) is 44.2 Å². The van der Waals surface area contributed by atoms with Gasteiger partial charge in [-0.1, -0.05) is 39.5 Å². The van der Waals surface area contributed by atoms with Crippen LogP contribution in [0.1, 0.15) is 27.7 Å². The molecule has 0 aliphatic rings. The van der Waals surface area contributed by atoms with E-state index in [0.29, 0.717) is 17.6 Å². The van der Waals surface area contributed by atoms with Crippen LogP contribution in [0.25, 0.3) is 11.2 Å². The highest BCUT2D eigenvalue weighted by atomic mass is 32.2. The zero-order valence-electron chi connectivity index (χ0n) is 14.6. The Morgan fingerprint density at radius 1 is 1.26 bits per heavy atom. The van der Waals surface area contributed by atoms with E-state index in [2.05, 4.69) is 37.7 Å². The summed E-state index contributed by atoms with van der Waals surface area (Å²) in [5, 5.41) is 0.834. The number of carbonyl (C=O) groups is 1. The molecular weight excluding hydrogens is 308 g/mol. The summed E-state index contributed by atoms with van der Waals surface area (Å²) in [6.07, 6.45) is 1.76. The van der Waals surface area contributed by atoms with Crippen LogP contribution in [0.2, 0.25) is 0 Å². The molecule has 5 nitrogen and oxygen atoms in total. The Morgan fingerprint density at radius 3 is 2.48 bits per heavy atom. The fraction of sp³-hybridized carbons (Fsp3) is 0.588. The quantitative estimate of drug-likeness (QED) is 0.730.